The molecule has 0 spiro atoms. The molecule has 0 bridgehead atoms. The van der Waals surface area contributed by atoms with Crippen LogP contribution in [0.4, 0.5) is 4.39 Å². The van der Waals surface area contributed by atoms with Crippen molar-refractivity contribution in [2.24, 2.45) is 5.73 Å². The molecule has 22 heavy (non-hydrogen) atoms. The predicted molar refractivity (Wildman–Crippen MR) is 81.3 cm³/mol. The van der Waals surface area contributed by atoms with Crippen molar-refractivity contribution in [3.63, 3.8) is 0 Å². The number of halogens is 1. The maximum absolute atomic E-state index is 13.8. The molecule has 115 valence electrons. The van der Waals surface area contributed by atoms with E-state index in [1.165, 1.54) is 18.2 Å². The molecular formula is C17H18FN2O2. The van der Waals surface area contributed by atoms with Gasteiger partial charge < -0.3 is 10.5 Å². The van der Waals surface area contributed by atoms with Crippen molar-refractivity contribution >= 4 is 0 Å². The molecule has 1 fully saturated rings. The Labute approximate surface area is 128 Å². The Hall–Kier alpha value is -1.95. The molecule has 1 saturated heterocycles. The van der Waals surface area contributed by atoms with E-state index in [1.807, 2.05) is 12.1 Å². The molecule has 2 aromatic carbocycles. The van der Waals surface area contributed by atoms with E-state index in [2.05, 4.69) is 4.90 Å². The highest BCUT2D eigenvalue weighted by molar-refractivity contribution is 5.70. The fourth-order valence-corrected chi connectivity index (χ4v) is 2.70. The number of nitrogens with zero attached hydrogens (tertiary/aromatic N) is 1. The molecule has 1 heterocycles. The normalized spacial score (nSPS) is 17.4. The van der Waals surface area contributed by atoms with Gasteiger partial charge in [-0.15, -0.1) is 0 Å². The van der Waals surface area contributed by atoms with Gasteiger partial charge in [-0.1, -0.05) is 30.3 Å². The molecule has 2 N–H and O–H groups in total. The van der Waals surface area contributed by atoms with Crippen LogP contribution in [-0.2, 0) is 9.84 Å². The Morgan fingerprint density at radius 3 is 2.41 bits per heavy atom. The van der Waals surface area contributed by atoms with E-state index in [4.69, 9.17) is 10.5 Å². The number of ether oxygens (including phenoxy) is 1. The van der Waals surface area contributed by atoms with Crippen LogP contribution >= 0.6 is 0 Å². The van der Waals surface area contributed by atoms with Gasteiger partial charge in [0.2, 0.25) is 0 Å². The molecule has 2 aromatic rings. The van der Waals surface area contributed by atoms with Gasteiger partial charge in [-0.05, 0) is 23.3 Å². The second-order valence-electron chi connectivity index (χ2n) is 5.33. The summed E-state index contributed by atoms with van der Waals surface area (Å²) in [6, 6.07) is 11.3. The summed E-state index contributed by atoms with van der Waals surface area (Å²) in [5.41, 5.74) is 7.87. The molecule has 0 aliphatic carbocycles. The lowest BCUT2D eigenvalue weighted by molar-refractivity contribution is 0.0173. The van der Waals surface area contributed by atoms with Crippen molar-refractivity contribution < 1.29 is 14.2 Å². The largest absolute Gasteiger partial charge is 0.379 e. The van der Waals surface area contributed by atoms with E-state index < -0.39 is 5.82 Å². The van der Waals surface area contributed by atoms with Crippen LogP contribution in [0.1, 0.15) is 11.7 Å². The zero-order valence-corrected chi connectivity index (χ0v) is 12.2. The number of nitrogens with two attached hydrogens (primary N) is 1. The summed E-state index contributed by atoms with van der Waals surface area (Å²) in [6.45, 7) is 2.95. The molecule has 1 atom stereocenters. The van der Waals surface area contributed by atoms with Crippen LogP contribution in [0.2, 0.25) is 0 Å². The Kier molecular flexibility index (Phi) is 4.38. The first-order valence-corrected chi connectivity index (χ1v) is 7.30. The van der Waals surface area contributed by atoms with Gasteiger partial charge in [-0.25, -0.2) is 4.39 Å². The molecule has 3 rings (SSSR count). The third-order valence-corrected chi connectivity index (χ3v) is 3.96. The smallest absolute Gasteiger partial charge is 0.189 e. The van der Waals surface area contributed by atoms with Crippen molar-refractivity contribution in [2.45, 2.75) is 6.17 Å². The molecule has 1 aliphatic rings. The number of hydrogen-bond donors (Lipinski definition) is 1. The first-order valence-electron chi connectivity index (χ1n) is 7.30. The minimum Gasteiger partial charge on any atom is -0.379 e. The number of benzene rings is 2. The molecule has 1 radical (unpaired) electrons. The third-order valence-electron chi connectivity index (χ3n) is 3.96. The van der Waals surface area contributed by atoms with Gasteiger partial charge in [0.15, 0.2) is 5.75 Å². The van der Waals surface area contributed by atoms with E-state index in [0.717, 1.165) is 18.7 Å². The quantitative estimate of drug-likeness (QED) is 0.948. The molecule has 0 aromatic heterocycles. The first-order chi connectivity index (χ1) is 10.7. The molecule has 5 heteroatoms. The molecule has 1 aliphatic heterocycles. The van der Waals surface area contributed by atoms with Gasteiger partial charge in [0.05, 0.1) is 24.9 Å². The van der Waals surface area contributed by atoms with Crippen LogP contribution in [0.5, 0.6) is 5.75 Å². The lowest BCUT2D eigenvalue weighted by Gasteiger charge is -2.32. The second kappa shape index (κ2) is 6.44. The van der Waals surface area contributed by atoms with Gasteiger partial charge in [0.1, 0.15) is 5.82 Å². The molecular weight excluding hydrogens is 283 g/mol. The van der Waals surface area contributed by atoms with E-state index in [9.17, 15) is 9.50 Å². The van der Waals surface area contributed by atoms with E-state index in [0.29, 0.717) is 18.8 Å². The highest BCUT2D eigenvalue weighted by Gasteiger charge is 2.19. The van der Waals surface area contributed by atoms with Crippen LogP contribution in [0, 0.1) is 5.82 Å². The topological polar surface area (TPSA) is 58.4 Å². The van der Waals surface area contributed by atoms with Gasteiger partial charge in [-0.3, -0.25) is 10.0 Å². The fraction of sp³-hybridized carbons (Fsp3) is 0.294. The Balaban J connectivity index is 1.83. The van der Waals surface area contributed by atoms with Gasteiger partial charge >= 0.3 is 0 Å². The summed E-state index contributed by atoms with van der Waals surface area (Å²) in [5, 5.41) is 11.8. The third kappa shape index (κ3) is 2.97. The SMILES string of the molecule is N[C@@H](c1ccc(-c2c([O])cccc2F)cc1)N1CCOCC1. The van der Waals surface area contributed by atoms with Crippen LogP contribution in [-0.4, -0.2) is 31.2 Å². The summed E-state index contributed by atoms with van der Waals surface area (Å²) in [6.07, 6.45) is -0.217. The summed E-state index contributed by atoms with van der Waals surface area (Å²) in [7, 11) is 0. The Morgan fingerprint density at radius 2 is 1.77 bits per heavy atom. The minimum absolute atomic E-state index is 0.106. The Bertz CT molecular complexity index is 619. The van der Waals surface area contributed by atoms with E-state index >= 15 is 0 Å². The maximum atomic E-state index is 13.8. The number of morpholine rings is 1. The number of rotatable bonds is 3. The van der Waals surface area contributed by atoms with Gasteiger partial charge in [0.25, 0.3) is 0 Å². The maximum Gasteiger partial charge on any atom is 0.189 e. The molecule has 0 unspecified atom stereocenters. The highest BCUT2D eigenvalue weighted by Crippen LogP contribution is 2.32. The lowest BCUT2D eigenvalue weighted by atomic mass is 10.0. The van der Waals surface area contributed by atoms with Crippen molar-refractivity contribution in [1.82, 2.24) is 4.90 Å². The van der Waals surface area contributed by atoms with Gasteiger partial charge in [-0.2, -0.15) is 0 Å². The second-order valence-corrected chi connectivity index (χ2v) is 5.33. The monoisotopic (exact) mass is 301 g/mol. The average Bonchev–Trinajstić information content (AvgIpc) is 2.55. The summed E-state index contributed by atoms with van der Waals surface area (Å²) >= 11 is 0. The fourth-order valence-electron chi connectivity index (χ4n) is 2.70. The predicted octanol–water partition coefficient (Wildman–Crippen LogP) is 2.93. The summed E-state index contributed by atoms with van der Waals surface area (Å²) in [4.78, 5) is 2.14. The molecule has 0 amide bonds. The van der Waals surface area contributed by atoms with Crippen molar-refractivity contribution in [2.75, 3.05) is 26.3 Å². The van der Waals surface area contributed by atoms with Crippen LogP contribution in [0.15, 0.2) is 42.5 Å². The zero-order chi connectivity index (χ0) is 15.5. The highest BCUT2D eigenvalue weighted by atomic mass is 19.1. The van der Waals surface area contributed by atoms with Crippen LogP contribution < -0.4 is 5.73 Å². The standard InChI is InChI=1S/C17H18FN2O2/c18-14-2-1-3-15(21)16(14)12-4-6-13(7-5-12)17(19)20-8-10-22-11-9-20/h1-7,17H,8-11,19H2/t17-/m1/s1. The van der Waals surface area contributed by atoms with Crippen LogP contribution in [0.3, 0.4) is 0 Å². The van der Waals surface area contributed by atoms with Gasteiger partial charge in [0, 0.05) is 13.1 Å². The first kappa shape index (κ1) is 15.0. The lowest BCUT2D eigenvalue weighted by Crippen LogP contribution is -2.42. The number of hydrogen-bond acceptors (Lipinski definition) is 3. The summed E-state index contributed by atoms with van der Waals surface area (Å²) < 4.78 is 19.2. The van der Waals surface area contributed by atoms with Crippen molar-refractivity contribution in [3.05, 3.63) is 53.8 Å². The van der Waals surface area contributed by atoms with E-state index in [-0.39, 0.29) is 17.5 Å². The zero-order valence-electron chi connectivity index (χ0n) is 12.2. The molecule has 4 nitrogen and oxygen atoms in total. The van der Waals surface area contributed by atoms with Crippen LogP contribution in [0.25, 0.3) is 11.1 Å². The van der Waals surface area contributed by atoms with Crippen molar-refractivity contribution in [1.29, 1.82) is 0 Å². The summed E-state index contributed by atoms with van der Waals surface area (Å²) in [5.74, 6) is -0.817. The minimum atomic E-state index is -0.502. The molecule has 0 saturated carbocycles. The van der Waals surface area contributed by atoms with E-state index in [1.54, 1.807) is 12.1 Å². The van der Waals surface area contributed by atoms with Crippen molar-refractivity contribution in [3.8, 4) is 16.9 Å². The average molecular weight is 301 g/mol. The Morgan fingerprint density at radius 1 is 1.09 bits per heavy atom.